The summed E-state index contributed by atoms with van der Waals surface area (Å²) in [4.78, 5) is 33.8. The minimum atomic E-state index is -0.515. The predicted octanol–water partition coefficient (Wildman–Crippen LogP) is 2.64. The molecule has 0 fully saturated rings. The van der Waals surface area contributed by atoms with Crippen LogP contribution in [-0.4, -0.2) is 23.3 Å². The van der Waals surface area contributed by atoms with Crippen molar-refractivity contribution in [3.05, 3.63) is 58.0 Å². The molecule has 2 amide bonds. The lowest BCUT2D eigenvalue weighted by Crippen LogP contribution is -2.25. The predicted molar refractivity (Wildman–Crippen MR) is 86.7 cm³/mol. The standard InChI is InChI=1S/C16H17N3O5/c1-11-6-7-12(19(22)23)10-13(11)18-15(20)5-2-8-17-16(21)14-4-3-9-24-14/h3-4,6-7,9-10H,2,5,8H2,1H3,(H,17,21)(H,18,20). The zero-order valence-electron chi connectivity index (χ0n) is 13.1. The molecule has 1 aromatic carbocycles. The van der Waals surface area contributed by atoms with Crippen LogP contribution in [0.25, 0.3) is 0 Å². The lowest BCUT2D eigenvalue weighted by atomic mass is 10.1. The van der Waals surface area contributed by atoms with Crippen molar-refractivity contribution in [2.24, 2.45) is 0 Å². The van der Waals surface area contributed by atoms with E-state index in [4.69, 9.17) is 4.42 Å². The van der Waals surface area contributed by atoms with Crippen LogP contribution >= 0.6 is 0 Å². The Labute approximate surface area is 138 Å². The Kier molecular flexibility index (Phi) is 5.67. The molecule has 0 aliphatic heterocycles. The second-order valence-corrected chi connectivity index (χ2v) is 5.14. The highest BCUT2D eigenvalue weighted by atomic mass is 16.6. The first-order valence-electron chi connectivity index (χ1n) is 7.34. The number of nitro groups is 1. The van der Waals surface area contributed by atoms with Gasteiger partial charge in [0.1, 0.15) is 0 Å². The Morgan fingerprint density at radius 1 is 1.29 bits per heavy atom. The van der Waals surface area contributed by atoms with Crippen molar-refractivity contribution in [2.45, 2.75) is 19.8 Å². The average molecular weight is 331 g/mol. The van der Waals surface area contributed by atoms with Crippen molar-refractivity contribution in [3.63, 3.8) is 0 Å². The minimum Gasteiger partial charge on any atom is -0.459 e. The molecule has 0 aliphatic rings. The van der Waals surface area contributed by atoms with E-state index in [2.05, 4.69) is 10.6 Å². The molecule has 126 valence electrons. The van der Waals surface area contributed by atoms with Crippen molar-refractivity contribution in [3.8, 4) is 0 Å². The fourth-order valence-corrected chi connectivity index (χ4v) is 2.02. The van der Waals surface area contributed by atoms with E-state index in [1.165, 1.54) is 18.4 Å². The highest BCUT2D eigenvalue weighted by Crippen LogP contribution is 2.22. The van der Waals surface area contributed by atoms with E-state index >= 15 is 0 Å². The molecular weight excluding hydrogens is 314 g/mol. The molecule has 0 bridgehead atoms. The van der Waals surface area contributed by atoms with Gasteiger partial charge >= 0.3 is 0 Å². The molecule has 24 heavy (non-hydrogen) atoms. The summed E-state index contributed by atoms with van der Waals surface area (Å²) in [5.74, 6) is -0.396. The second kappa shape index (κ2) is 7.91. The summed E-state index contributed by atoms with van der Waals surface area (Å²) in [5.41, 5.74) is 1.07. The van der Waals surface area contributed by atoms with Crippen molar-refractivity contribution in [1.29, 1.82) is 0 Å². The summed E-state index contributed by atoms with van der Waals surface area (Å²) >= 11 is 0. The molecule has 8 heteroatoms. The first-order chi connectivity index (χ1) is 11.5. The maximum Gasteiger partial charge on any atom is 0.286 e. The number of hydrogen-bond acceptors (Lipinski definition) is 5. The molecule has 0 spiro atoms. The zero-order chi connectivity index (χ0) is 17.5. The smallest absolute Gasteiger partial charge is 0.286 e. The van der Waals surface area contributed by atoms with Crippen LogP contribution in [0.2, 0.25) is 0 Å². The lowest BCUT2D eigenvalue weighted by molar-refractivity contribution is -0.384. The fraction of sp³-hybridized carbons (Fsp3) is 0.250. The monoisotopic (exact) mass is 331 g/mol. The van der Waals surface area contributed by atoms with Gasteiger partial charge in [0.05, 0.1) is 16.9 Å². The molecule has 0 atom stereocenters. The maximum atomic E-state index is 11.9. The Hall–Kier alpha value is -3.16. The van der Waals surface area contributed by atoms with Crippen LogP contribution in [0.15, 0.2) is 41.0 Å². The summed E-state index contributed by atoms with van der Waals surface area (Å²) in [6.45, 7) is 2.07. The largest absolute Gasteiger partial charge is 0.459 e. The number of amides is 2. The normalized spacial score (nSPS) is 10.2. The summed E-state index contributed by atoms with van der Waals surface area (Å²) in [5, 5.41) is 16.1. The quantitative estimate of drug-likeness (QED) is 0.460. The highest BCUT2D eigenvalue weighted by Gasteiger charge is 2.11. The summed E-state index contributed by atoms with van der Waals surface area (Å²) < 4.78 is 4.95. The fourth-order valence-electron chi connectivity index (χ4n) is 2.02. The Morgan fingerprint density at radius 2 is 2.08 bits per heavy atom. The summed E-state index contributed by atoms with van der Waals surface area (Å²) in [6, 6.07) is 7.45. The van der Waals surface area contributed by atoms with Gasteiger partial charge in [0.15, 0.2) is 5.76 Å². The molecule has 0 aliphatic carbocycles. The van der Waals surface area contributed by atoms with Gasteiger partial charge in [0.2, 0.25) is 5.91 Å². The van der Waals surface area contributed by atoms with Crippen LogP contribution in [-0.2, 0) is 4.79 Å². The second-order valence-electron chi connectivity index (χ2n) is 5.14. The molecule has 0 saturated heterocycles. The van der Waals surface area contributed by atoms with Crippen molar-refractivity contribution in [2.75, 3.05) is 11.9 Å². The van der Waals surface area contributed by atoms with Crippen LogP contribution in [0, 0.1) is 17.0 Å². The van der Waals surface area contributed by atoms with Crippen LogP contribution < -0.4 is 10.6 Å². The molecule has 0 saturated carbocycles. The van der Waals surface area contributed by atoms with Gasteiger partial charge in [-0.1, -0.05) is 6.07 Å². The lowest BCUT2D eigenvalue weighted by Gasteiger charge is -2.08. The van der Waals surface area contributed by atoms with Crippen LogP contribution in [0.4, 0.5) is 11.4 Å². The van der Waals surface area contributed by atoms with Gasteiger partial charge in [-0.2, -0.15) is 0 Å². The van der Waals surface area contributed by atoms with Crippen molar-refractivity contribution in [1.82, 2.24) is 5.32 Å². The van der Waals surface area contributed by atoms with Gasteiger partial charge < -0.3 is 15.1 Å². The average Bonchev–Trinajstić information content (AvgIpc) is 3.07. The van der Waals surface area contributed by atoms with Crippen molar-refractivity contribution < 1.29 is 18.9 Å². The minimum absolute atomic E-state index is 0.0818. The number of nitrogens with zero attached hydrogens (tertiary/aromatic N) is 1. The van der Waals surface area contributed by atoms with Gasteiger partial charge in [0, 0.05) is 25.1 Å². The number of nitro benzene ring substituents is 1. The Bertz CT molecular complexity index is 740. The molecule has 1 heterocycles. The van der Waals surface area contributed by atoms with Gasteiger partial charge in [-0.25, -0.2) is 0 Å². The van der Waals surface area contributed by atoms with E-state index in [1.807, 2.05) is 0 Å². The van der Waals surface area contributed by atoms with Crippen molar-refractivity contribution >= 4 is 23.2 Å². The van der Waals surface area contributed by atoms with E-state index in [0.29, 0.717) is 18.7 Å². The third-order valence-corrected chi connectivity index (χ3v) is 3.32. The number of aryl methyl sites for hydroxylation is 1. The number of rotatable bonds is 7. The van der Waals surface area contributed by atoms with E-state index in [1.54, 1.807) is 25.1 Å². The van der Waals surface area contributed by atoms with Crippen LogP contribution in [0.3, 0.4) is 0 Å². The van der Waals surface area contributed by atoms with Gasteiger partial charge in [-0.15, -0.1) is 0 Å². The Morgan fingerprint density at radius 3 is 2.75 bits per heavy atom. The first kappa shape index (κ1) is 17.2. The first-order valence-corrected chi connectivity index (χ1v) is 7.34. The molecule has 2 N–H and O–H groups in total. The number of benzene rings is 1. The van der Waals surface area contributed by atoms with Crippen LogP contribution in [0.5, 0.6) is 0 Å². The van der Waals surface area contributed by atoms with E-state index < -0.39 is 4.92 Å². The topological polar surface area (TPSA) is 114 Å². The third-order valence-electron chi connectivity index (χ3n) is 3.32. The van der Waals surface area contributed by atoms with Crippen LogP contribution in [0.1, 0.15) is 29.0 Å². The molecule has 1 aromatic heterocycles. The maximum absolute atomic E-state index is 11.9. The van der Waals surface area contributed by atoms with E-state index in [0.717, 1.165) is 5.56 Å². The van der Waals surface area contributed by atoms with Gasteiger partial charge in [-0.05, 0) is 31.0 Å². The molecule has 2 rings (SSSR count). The Balaban J connectivity index is 1.78. The number of hydrogen-bond donors (Lipinski definition) is 2. The number of nitrogens with one attached hydrogen (secondary N) is 2. The highest BCUT2D eigenvalue weighted by molar-refractivity contribution is 5.92. The molecule has 0 radical (unpaired) electrons. The molecule has 2 aromatic rings. The van der Waals surface area contributed by atoms with Gasteiger partial charge in [-0.3, -0.25) is 19.7 Å². The van der Waals surface area contributed by atoms with Gasteiger partial charge in [0.25, 0.3) is 11.6 Å². The number of carbonyl (C=O) groups is 2. The molecule has 0 unspecified atom stereocenters. The number of carbonyl (C=O) groups excluding carboxylic acids is 2. The number of furan rings is 1. The molecule has 8 nitrogen and oxygen atoms in total. The van der Waals surface area contributed by atoms with E-state index in [-0.39, 0.29) is 29.7 Å². The number of anilines is 1. The number of non-ortho nitro benzene ring substituents is 1. The zero-order valence-corrected chi connectivity index (χ0v) is 13.1. The summed E-state index contributed by atoms with van der Waals surface area (Å²) in [7, 11) is 0. The van der Waals surface area contributed by atoms with E-state index in [9.17, 15) is 19.7 Å². The SMILES string of the molecule is Cc1ccc([N+](=O)[O-])cc1NC(=O)CCCNC(=O)c1ccco1. The summed E-state index contributed by atoms with van der Waals surface area (Å²) in [6.07, 6.45) is 2.02. The third kappa shape index (κ3) is 4.67. The molecular formula is C16H17N3O5.